The van der Waals surface area contributed by atoms with Gasteiger partial charge in [-0.25, -0.2) is 9.18 Å². The first-order chi connectivity index (χ1) is 30.4. The van der Waals surface area contributed by atoms with Crippen LogP contribution >= 0.6 is 0 Å². The summed E-state index contributed by atoms with van der Waals surface area (Å²) in [6, 6.07) is 21.1. The molecule has 0 spiro atoms. The van der Waals surface area contributed by atoms with E-state index in [1.165, 1.54) is 12.1 Å². The van der Waals surface area contributed by atoms with Crippen molar-refractivity contribution in [1.82, 2.24) is 9.80 Å². The van der Waals surface area contributed by atoms with Gasteiger partial charge >= 0.3 is 6.09 Å². The third-order valence-corrected chi connectivity index (χ3v) is 12.5. The van der Waals surface area contributed by atoms with E-state index >= 15 is 0 Å². The Morgan fingerprint density at radius 1 is 0.952 bits per heavy atom. The molecular formula is C50H62FN3O8. The molecule has 0 bridgehead atoms. The molecule has 4 aliphatic rings. The number of allylic oxidation sites excluding steroid dienone is 1. The summed E-state index contributed by atoms with van der Waals surface area (Å²) >= 11 is 0. The lowest BCUT2D eigenvalue weighted by Gasteiger charge is -2.59. The maximum Gasteiger partial charge on any atom is 0.410 e. The minimum atomic E-state index is -1.49. The highest BCUT2D eigenvalue weighted by atomic mass is 19.1. The number of carbonyl (C=O) groups is 1. The highest BCUT2D eigenvalue weighted by molar-refractivity contribution is 6.03. The molecule has 3 aromatic carbocycles. The fraction of sp³-hybridized carbons (Fsp3) is 0.480. The lowest BCUT2D eigenvalue weighted by atomic mass is 9.55. The number of amides is 1. The summed E-state index contributed by atoms with van der Waals surface area (Å²) in [6.45, 7) is 12.1. The lowest BCUT2D eigenvalue weighted by molar-refractivity contribution is -0.256. The molecule has 0 unspecified atom stereocenters. The van der Waals surface area contributed by atoms with E-state index in [4.69, 9.17) is 28.9 Å². The summed E-state index contributed by atoms with van der Waals surface area (Å²) in [7, 11) is 0. The van der Waals surface area contributed by atoms with Gasteiger partial charge in [0.15, 0.2) is 0 Å². The van der Waals surface area contributed by atoms with E-state index in [0.717, 1.165) is 67.8 Å². The molecule has 11 nitrogen and oxygen atoms in total. The number of aliphatic hydroxyl groups excluding tert-OH is 2. The highest BCUT2D eigenvalue weighted by Crippen LogP contribution is 2.62. The number of fused-ring (bicyclic) bond motifs is 2. The van der Waals surface area contributed by atoms with Gasteiger partial charge in [0.25, 0.3) is 0 Å². The van der Waals surface area contributed by atoms with Crippen molar-refractivity contribution >= 4 is 11.8 Å². The summed E-state index contributed by atoms with van der Waals surface area (Å²) in [5.41, 5.74) is 4.22. The molecule has 2 aliphatic heterocycles. The zero-order valence-electron chi connectivity index (χ0n) is 35.8. The zero-order chi connectivity index (χ0) is 43.3. The first kappa shape index (κ1) is 45.0. The van der Waals surface area contributed by atoms with Gasteiger partial charge in [-0.1, -0.05) is 78.7 Å². The van der Waals surface area contributed by atoms with Crippen molar-refractivity contribution in [1.29, 1.82) is 0 Å². The topological polar surface area (TPSA) is 122 Å². The Labute approximate surface area is 365 Å². The molecule has 12 heteroatoms. The van der Waals surface area contributed by atoms with E-state index in [0.29, 0.717) is 42.9 Å². The first-order valence-corrected chi connectivity index (χ1v) is 22.3. The fourth-order valence-corrected chi connectivity index (χ4v) is 9.48. The highest BCUT2D eigenvalue weighted by Gasteiger charge is 2.65. The summed E-state index contributed by atoms with van der Waals surface area (Å²) in [5, 5.41) is 24.8. The van der Waals surface area contributed by atoms with Gasteiger partial charge in [-0.3, -0.25) is 9.80 Å². The SMILES string of the molecule is C=CCCOC(=O)N(Cc1ccc(F)cc1)[C@H]1CC(=NOCc2ccccc2)C2=C[C@H](CCCCO)[C@@H](CCCCO)[C@@H]3c4cc(OCCN5CC5)ccc4O[C@@]1(OCC=C)[C@H]23. The molecular weight excluding hydrogens is 790 g/mol. The molecule has 2 heterocycles. The van der Waals surface area contributed by atoms with Crippen molar-refractivity contribution in [2.45, 2.75) is 82.3 Å². The van der Waals surface area contributed by atoms with Crippen molar-refractivity contribution < 1.29 is 43.2 Å². The number of hydrogen-bond donors (Lipinski definition) is 2. The van der Waals surface area contributed by atoms with Gasteiger partial charge < -0.3 is 34.0 Å². The summed E-state index contributed by atoms with van der Waals surface area (Å²) < 4.78 is 41.1. The van der Waals surface area contributed by atoms with Gasteiger partial charge in [-0.2, -0.15) is 0 Å². The fourth-order valence-electron chi connectivity index (χ4n) is 9.48. The molecule has 62 heavy (non-hydrogen) atoms. The molecule has 0 aromatic heterocycles. The molecule has 6 atom stereocenters. The van der Waals surface area contributed by atoms with Crippen LogP contribution in [0.15, 0.2) is 115 Å². The summed E-state index contributed by atoms with van der Waals surface area (Å²) in [6.07, 6.45) is 10.3. The Bertz CT molecular complexity index is 2010. The molecule has 0 radical (unpaired) electrons. The number of hydrogen-bond acceptors (Lipinski definition) is 10. The van der Waals surface area contributed by atoms with E-state index in [1.807, 2.05) is 42.5 Å². The molecule has 7 rings (SSSR count). The predicted octanol–water partition coefficient (Wildman–Crippen LogP) is 8.57. The van der Waals surface area contributed by atoms with Crippen LogP contribution in [0.5, 0.6) is 11.5 Å². The van der Waals surface area contributed by atoms with Crippen LogP contribution in [-0.2, 0) is 27.5 Å². The standard InChI is InChI=1S/C50H62FN3O8/c1-3-5-29-59-49(57)54(34-36-17-19-39(51)20-18-36)46-33-44(52-61-35-37-13-7-6-8-14-37)42-31-38(15-9-11-26-55)41(16-10-12-27-56)47-43-32-40(58-30-25-53-23-24-53)21-22-45(43)62-50(46,48(42)47)60-28-4-2/h3-4,6-8,13-14,17-22,31-32,38,41,46-48,55-56H,1-2,5,9-12,15-16,23-30,33-35H2/t38-,41+,46-,47+,48+,50+/m0/s1. The van der Waals surface area contributed by atoms with Crippen LogP contribution in [0.2, 0.25) is 0 Å². The average Bonchev–Trinajstić information content (AvgIpc) is 4.12. The van der Waals surface area contributed by atoms with Crippen LogP contribution in [0, 0.1) is 23.6 Å². The van der Waals surface area contributed by atoms with Gasteiger partial charge in [0.05, 0.1) is 24.8 Å². The molecule has 332 valence electrons. The van der Waals surface area contributed by atoms with Gasteiger partial charge in [0.1, 0.15) is 36.6 Å². The number of oxime groups is 1. The number of halogens is 1. The Hall–Kier alpha value is -5.01. The van der Waals surface area contributed by atoms with E-state index in [1.54, 1.807) is 29.2 Å². The van der Waals surface area contributed by atoms with Gasteiger partial charge in [0, 0.05) is 57.3 Å². The average molecular weight is 852 g/mol. The number of nitrogens with zero attached hydrogens (tertiary/aromatic N) is 3. The number of carbonyl (C=O) groups excluding carboxylic acids is 1. The van der Waals surface area contributed by atoms with Crippen LogP contribution in [0.4, 0.5) is 9.18 Å². The van der Waals surface area contributed by atoms with Crippen LogP contribution in [0.3, 0.4) is 0 Å². The third-order valence-electron chi connectivity index (χ3n) is 12.5. The Morgan fingerprint density at radius 2 is 1.73 bits per heavy atom. The smallest absolute Gasteiger partial charge is 0.410 e. The lowest BCUT2D eigenvalue weighted by Crippen LogP contribution is -2.70. The number of ether oxygens (including phenoxy) is 4. The zero-order valence-corrected chi connectivity index (χ0v) is 35.8. The third kappa shape index (κ3) is 10.8. The second-order valence-electron chi connectivity index (χ2n) is 16.7. The van der Waals surface area contributed by atoms with Crippen molar-refractivity contribution in [2.75, 3.05) is 52.7 Å². The quantitative estimate of drug-likeness (QED) is 0.0395. The first-order valence-electron chi connectivity index (χ1n) is 22.3. The number of benzene rings is 3. The van der Waals surface area contributed by atoms with Crippen LogP contribution in [0.25, 0.3) is 0 Å². The minimum absolute atomic E-state index is 0.0477. The van der Waals surface area contributed by atoms with Crippen LogP contribution < -0.4 is 9.47 Å². The monoisotopic (exact) mass is 851 g/mol. The molecule has 3 aromatic rings. The van der Waals surface area contributed by atoms with E-state index in [2.05, 4.69) is 30.2 Å². The van der Waals surface area contributed by atoms with Gasteiger partial charge in [0.2, 0.25) is 5.79 Å². The Balaban J connectivity index is 1.42. The molecule has 2 fully saturated rings. The van der Waals surface area contributed by atoms with E-state index in [-0.39, 0.29) is 69.6 Å². The van der Waals surface area contributed by atoms with Crippen molar-refractivity contribution in [2.24, 2.45) is 22.9 Å². The second-order valence-corrected chi connectivity index (χ2v) is 16.7. The van der Waals surface area contributed by atoms with Gasteiger partial charge in [-0.05, 0) is 91.0 Å². The number of rotatable bonds is 24. The molecule has 1 amide bonds. The van der Waals surface area contributed by atoms with Crippen LogP contribution in [0.1, 0.15) is 74.0 Å². The molecule has 1 saturated carbocycles. The molecule has 1 saturated heterocycles. The Kier molecular flexibility index (Phi) is 15.9. The largest absolute Gasteiger partial charge is 0.492 e. The predicted molar refractivity (Wildman–Crippen MR) is 236 cm³/mol. The minimum Gasteiger partial charge on any atom is -0.492 e. The van der Waals surface area contributed by atoms with Crippen LogP contribution in [-0.4, -0.2) is 96.3 Å². The summed E-state index contributed by atoms with van der Waals surface area (Å²) in [5.74, 6) is -1.11. The van der Waals surface area contributed by atoms with Crippen molar-refractivity contribution in [3.8, 4) is 11.5 Å². The van der Waals surface area contributed by atoms with Crippen molar-refractivity contribution in [3.63, 3.8) is 0 Å². The maximum atomic E-state index is 14.6. The number of aliphatic hydroxyl groups is 2. The number of unbranched alkanes of at least 4 members (excludes halogenated alkanes) is 2. The second kappa shape index (κ2) is 21.9. The Morgan fingerprint density at radius 3 is 2.45 bits per heavy atom. The molecule has 2 aliphatic carbocycles. The summed E-state index contributed by atoms with van der Waals surface area (Å²) in [4.78, 5) is 24.8. The molecule has 2 N–H and O–H groups in total. The van der Waals surface area contributed by atoms with E-state index in [9.17, 15) is 19.4 Å². The van der Waals surface area contributed by atoms with Crippen molar-refractivity contribution in [3.05, 3.63) is 132 Å². The maximum absolute atomic E-state index is 14.6. The van der Waals surface area contributed by atoms with E-state index < -0.39 is 23.8 Å². The normalized spacial score (nSPS) is 24.2. The van der Waals surface area contributed by atoms with Gasteiger partial charge in [-0.15, -0.1) is 13.2 Å².